The second kappa shape index (κ2) is 6.04. The van der Waals surface area contributed by atoms with Crippen LogP contribution in [0.3, 0.4) is 0 Å². The topological polar surface area (TPSA) is 46.9 Å². The van der Waals surface area contributed by atoms with Gasteiger partial charge in [-0.15, -0.1) is 0 Å². The molecule has 1 aromatic heterocycles. The molecule has 23 heavy (non-hydrogen) atoms. The normalized spacial score (nSPS) is 10.6. The van der Waals surface area contributed by atoms with Gasteiger partial charge in [0, 0.05) is 16.9 Å². The Morgan fingerprint density at radius 3 is 2.26 bits per heavy atom. The third kappa shape index (κ3) is 3.29. The Balaban J connectivity index is 1.77. The third-order valence-electron chi connectivity index (χ3n) is 3.49. The number of aryl methyl sites for hydroxylation is 2. The standard InChI is InChI=1S/C18H16FN3O/c1-12-11-13(2)22(21-12)17-9-3-14(4-10-17)18(23)20-16-7-5-15(19)6-8-16/h3-11H,1-2H3,(H,20,23). The molecule has 0 atom stereocenters. The summed E-state index contributed by atoms with van der Waals surface area (Å²) in [6.07, 6.45) is 0. The van der Waals surface area contributed by atoms with Crippen LogP contribution in [0.15, 0.2) is 54.6 Å². The van der Waals surface area contributed by atoms with Crippen molar-refractivity contribution in [3.8, 4) is 5.69 Å². The zero-order valence-corrected chi connectivity index (χ0v) is 12.9. The number of nitrogens with one attached hydrogen (secondary N) is 1. The highest BCUT2D eigenvalue weighted by Crippen LogP contribution is 2.15. The molecule has 0 spiro atoms. The maximum atomic E-state index is 12.9. The third-order valence-corrected chi connectivity index (χ3v) is 3.49. The number of aromatic nitrogens is 2. The van der Waals surface area contributed by atoms with Crippen molar-refractivity contribution in [1.82, 2.24) is 9.78 Å². The number of hydrogen-bond acceptors (Lipinski definition) is 2. The van der Waals surface area contributed by atoms with Crippen LogP contribution >= 0.6 is 0 Å². The van der Waals surface area contributed by atoms with Gasteiger partial charge < -0.3 is 5.32 Å². The molecule has 2 aromatic carbocycles. The van der Waals surface area contributed by atoms with Gasteiger partial charge in [0.05, 0.1) is 11.4 Å². The van der Waals surface area contributed by atoms with Crippen LogP contribution in [0.1, 0.15) is 21.7 Å². The predicted octanol–water partition coefficient (Wildman–Crippen LogP) is 3.88. The quantitative estimate of drug-likeness (QED) is 0.798. The first kappa shape index (κ1) is 15.0. The summed E-state index contributed by atoms with van der Waals surface area (Å²) in [6.45, 7) is 3.92. The van der Waals surface area contributed by atoms with E-state index in [1.54, 1.807) is 12.1 Å². The summed E-state index contributed by atoms with van der Waals surface area (Å²) in [5, 5.41) is 7.14. The van der Waals surface area contributed by atoms with Crippen molar-refractivity contribution in [2.24, 2.45) is 0 Å². The minimum atomic E-state index is -0.336. The summed E-state index contributed by atoms with van der Waals surface area (Å²) in [7, 11) is 0. The Morgan fingerprint density at radius 1 is 1.04 bits per heavy atom. The van der Waals surface area contributed by atoms with Crippen LogP contribution in [0.5, 0.6) is 0 Å². The molecular weight excluding hydrogens is 293 g/mol. The molecule has 3 rings (SSSR count). The molecule has 0 saturated carbocycles. The first-order valence-corrected chi connectivity index (χ1v) is 7.23. The van der Waals surface area contributed by atoms with E-state index in [1.807, 2.05) is 36.7 Å². The summed E-state index contributed by atoms with van der Waals surface area (Å²) < 4.78 is 14.7. The van der Waals surface area contributed by atoms with Crippen molar-refractivity contribution >= 4 is 11.6 Å². The fourth-order valence-corrected chi connectivity index (χ4v) is 2.38. The Kier molecular flexibility index (Phi) is 3.93. The van der Waals surface area contributed by atoms with Crippen molar-refractivity contribution in [1.29, 1.82) is 0 Å². The van der Waals surface area contributed by atoms with E-state index < -0.39 is 0 Å². The Hall–Kier alpha value is -2.95. The average molecular weight is 309 g/mol. The van der Waals surface area contributed by atoms with Crippen molar-refractivity contribution in [3.63, 3.8) is 0 Å². The molecule has 1 N–H and O–H groups in total. The van der Waals surface area contributed by atoms with Crippen LogP contribution in [-0.2, 0) is 0 Å². The first-order valence-electron chi connectivity index (χ1n) is 7.23. The molecule has 0 unspecified atom stereocenters. The highest BCUT2D eigenvalue weighted by atomic mass is 19.1. The molecule has 0 radical (unpaired) electrons. The van der Waals surface area contributed by atoms with Crippen molar-refractivity contribution in [2.75, 3.05) is 5.32 Å². The van der Waals surface area contributed by atoms with Gasteiger partial charge in [-0.25, -0.2) is 9.07 Å². The van der Waals surface area contributed by atoms with Crippen molar-refractivity contribution in [3.05, 3.63) is 77.4 Å². The largest absolute Gasteiger partial charge is 0.322 e. The molecule has 0 saturated heterocycles. The highest BCUT2D eigenvalue weighted by molar-refractivity contribution is 6.04. The van der Waals surface area contributed by atoms with Crippen LogP contribution in [0.4, 0.5) is 10.1 Å². The number of carbonyl (C=O) groups excluding carboxylic acids is 1. The summed E-state index contributed by atoms with van der Waals surface area (Å²) in [5.41, 5.74) is 3.96. The number of hydrogen-bond donors (Lipinski definition) is 1. The second-order valence-electron chi connectivity index (χ2n) is 5.35. The highest BCUT2D eigenvalue weighted by Gasteiger charge is 2.08. The van der Waals surface area contributed by atoms with Crippen LogP contribution < -0.4 is 5.32 Å². The van der Waals surface area contributed by atoms with E-state index in [4.69, 9.17) is 0 Å². The molecular formula is C18H16FN3O. The van der Waals surface area contributed by atoms with Crippen LogP contribution in [-0.4, -0.2) is 15.7 Å². The number of carbonyl (C=O) groups is 1. The number of halogens is 1. The molecule has 5 heteroatoms. The maximum Gasteiger partial charge on any atom is 0.255 e. The lowest BCUT2D eigenvalue weighted by molar-refractivity contribution is 0.102. The maximum absolute atomic E-state index is 12.9. The molecule has 0 fully saturated rings. The second-order valence-corrected chi connectivity index (χ2v) is 5.35. The van der Waals surface area contributed by atoms with Gasteiger partial charge in [-0.3, -0.25) is 4.79 Å². The van der Waals surface area contributed by atoms with Crippen molar-refractivity contribution in [2.45, 2.75) is 13.8 Å². The zero-order chi connectivity index (χ0) is 16.4. The van der Waals surface area contributed by atoms with E-state index in [2.05, 4.69) is 10.4 Å². The minimum Gasteiger partial charge on any atom is -0.322 e. The Labute approximate surface area is 133 Å². The van der Waals surface area contributed by atoms with Gasteiger partial charge in [0.25, 0.3) is 5.91 Å². The number of anilines is 1. The average Bonchev–Trinajstić information content (AvgIpc) is 2.88. The number of nitrogens with zero attached hydrogens (tertiary/aromatic N) is 2. The SMILES string of the molecule is Cc1cc(C)n(-c2ccc(C(=O)Nc3ccc(F)cc3)cc2)n1. The Morgan fingerprint density at radius 2 is 1.70 bits per heavy atom. The molecule has 1 amide bonds. The van der Waals surface area contributed by atoms with E-state index >= 15 is 0 Å². The fraction of sp³-hybridized carbons (Fsp3) is 0.111. The van der Waals surface area contributed by atoms with E-state index in [0.29, 0.717) is 11.3 Å². The van der Waals surface area contributed by atoms with Gasteiger partial charge in [-0.05, 0) is 68.4 Å². The lowest BCUT2D eigenvalue weighted by atomic mass is 10.2. The summed E-state index contributed by atoms with van der Waals surface area (Å²) in [4.78, 5) is 12.2. The van der Waals surface area contributed by atoms with Gasteiger partial charge in [-0.1, -0.05) is 0 Å². The van der Waals surface area contributed by atoms with Gasteiger partial charge in [0.15, 0.2) is 0 Å². The molecule has 0 aliphatic rings. The van der Waals surface area contributed by atoms with Gasteiger partial charge in [0.1, 0.15) is 5.82 Å². The smallest absolute Gasteiger partial charge is 0.255 e. The van der Waals surface area contributed by atoms with E-state index in [9.17, 15) is 9.18 Å². The molecule has 1 heterocycles. The van der Waals surface area contributed by atoms with E-state index in [-0.39, 0.29) is 11.7 Å². The summed E-state index contributed by atoms with van der Waals surface area (Å²) in [6, 6.07) is 14.8. The van der Waals surface area contributed by atoms with Gasteiger partial charge in [0.2, 0.25) is 0 Å². The van der Waals surface area contributed by atoms with Crippen LogP contribution in [0, 0.1) is 19.7 Å². The van der Waals surface area contributed by atoms with Gasteiger partial charge in [-0.2, -0.15) is 5.10 Å². The Bertz CT molecular complexity index is 836. The summed E-state index contributed by atoms with van der Waals surface area (Å²) >= 11 is 0. The molecule has 0 aliphatic heterocycles. The number of benzene rings is 2. The molecule has 4 nitrogen and oxygen atoms in total. The van der Waals surface area contributed by atoms with E-state index in [1.165, 1.54) is 24.3 Å². The molecule has 0 bridgehead atoms. The van der Waals surface area contributed by atoms with Crippen molar-refractivity contribution < 1.29 is 9.18 Å². The fourth-order valence-electron chi connectivity index (χ4n) is 2.38. The number of rotatable bonds is 3. The molecule has 0 aliphatic carbocycles. The monoisotopic (exact) mass is 309 g/mol. The molecule has 3 aromatic rings. The first-order chi connectivity index (χ1) is 11.0. The van der Waals surface area contributed by atoms with Gasteiger partial charge >= 0.3 is 0 Å². The number of amides is 1. The van der Waals surface area contributed by atoms with Crippen LogP contribution in [0.25, 0.3) is 5.69 Å². The predicted molar refractivity (Wildman–Crippen MR) is 87.4 cm³/mol. The lowest BCUT2D eigenvalue weighted by Crippen LogP contribution is -2.12. The zero-order valence-electron chi connectivity index (χ0n) is 12.9. The van der Waals surface area contributed by atoms with E-state index in [0.717, 1.165) is 17.1 Å². The molecule has 116 valence electrons. The van der Waals surface area contributed by atoms with Crippen LogP contribution in [0.2, 0.25) is 0 Å². The lowest BCUT2D eigenvalue weighted by Gasteiger charge is -2.07. The minimum absolute atomic E-state index is 0.239. The summed E-state index contributed by atoms with van der Waals surface area (Å²) in [5.74, 6) is -0.575.